The van der Waals surface area contributed by atoms with Crippen molar-refractivity contribution in [3.8, 4) is 26.8 Å². The third kappa shape index (κ3) is 5.98. The van der Waals surface area contributed by atoms with E-state index >= 15 is 0 Å². The van der Waals surface area contributed by atoms with Gasteiger partial charge in [-0.3, -0.25) is 9.69 Å². The van der Waals surface area contributed by atoms with Crippen LogP contribution in [0.2, 0.25) is 0 Å². The zero-order valence-corrected chi connectivity index (χ0v) is 20.5. The molecule has 6 nitrogen and oxygen atoms in total. The molecule has 3 rings (SSSR count). The van der Waals surface area contributed by atoms with Crippen molar-refractivity contribution in [3.05, 3.63) is 65.1 Å². The first-order valence-corrected chi connectivity index (χ1v) is 11.7. The molecule has 0 aliphatic heterocycles. The van der Waals surface area contributed by atoms with Gasteiger partial charge in [-0.2, -0.15) is 0 Å². The minimum Gasteiger partial charge on any atom is -0.502 e. The maximum Gasteiger partial charge on any atom is 0.319 e. The first kappa shape index (κ1) is 24.4. The summed E-state index contributed by atoms with van der Waals surface area (Å²) < 4.78 is 10.5. The molecule has 3 aromatic rings. The van der Waals surface area contributed by atoms with E-state index in [0.29, 0.717) is 18.0 Å². The van der Waals surface area contributed by atoms with Crippen molar-refractivity contribution >= 4 is 23.0 Å². The van der Waals surface area contributed by atoms with E-state index in [9.17, 15) is 4.79 Å². The Hall–Kier alpha value is -3.21. The van der Waals surface area contributed by atoms with Crippen molar-refractivity contribution in [2.45, 2.75) is 39.8 Å². The number of methoxy groups -OCH3 is 1. The Kier molecular flexibility index (Phi) is 8.21. The van der Waals surface area contributed by atoms with Crippen LogP contribution >= 0.6 is 11.3 Å². The van der Waals surface area contributed by atoms with Crippen LogP contribution in [-0.2, 0) is 22.5 Å². The molecule has 0 saturated carbocycles. The zero-order chi connectivity index (χ0) is 24.0. The monoisotopic (exact) mass is 463 g/mol. The third-order valence-corrected chi connectivity index (χ3v) is 6.23. The SMILES string of the molecule is [C-]#[N+]c1cc(-c2ncc(-c3cccc(CN(C)CC(=O)OC)c3CC)s2)ccc1OC(C)C. The summed E-state index contributed by atoms with van der Waals surface area (Å²) in [5, 5.41) is 0.862. The number of likely N-dealkylation sites (N-methyl/N-ethyl adjacent to an activating group) is 1. The molecule has 0 aliphatic carbocycles. The fourth-order valence-corrected chi connectivity index (χ4v) is 4.65. The predicted octanol–water partition coefficient (Wildman–Crippen LogP) is 5.98. The molecule has 33 heavy (non-hydrogen) atoms. The summed E-state index contributed by atoms with van der Waals surface area (Å²) in [7, 11) is 3.32. The normalized spacial score (nSPS) is 11.0. The van der Waals surface area contributed by atoms with Gasteiger partial charge in [0, 0.05) is 18.3 Å². The summed E-state index contributed by atoms with van der Waals surface area (Å²) in [6.45, 7) is 14.4. The molecule has 0 aliphatic rings. The number of nitrogens with zero attached hydrogens (tertiary/aromatic N) is 3. The lowest BCUT2D eigenvalue weighted by molar-refractivity contribution is -0.141. The molecule has 0 radical (unpaired) electrons. The first-order chi connectivity index (χ1) is 15.9. The second-order valence-corrected chi connectivity index (χ2v) is 9.07. The smallest absolute Gasteiger partial charge is 0.319 e. The molecule has 1 heterocycles. The number of hydrogen-bond acceptors (Lipinski definition) is 6. The molecule has 0 spiro atoms. The van der Waals surface area contributed by atoms with Gasteiger partial charge >= 0.3 is 5.97 Å². The summed E-state index contributed by atoms with van der Waals surface area (Å²) in [6.07, 6.45) is 2.77. The Balaban J connectivity index is 1.90. The van der Waals surface area contributed by atoms with Crippen LogP contribution in [-0.4, -0.2) is 42.7 Å². The van der Waals surface area contributed by atoms with E-state index in [-0.39, 0.29) is 18.6 Å². The second-order valence-electron chi connectivity index (χ2n) is 8.04. The summed E-state index contributed by atoms with van der Waals surface area (Å²) in [5.41, 5.74) is 4.97. The van der Waals surface area contributed by atoms with E-state index in [1.165, 1.54) is 18.2 Å². The van der Waals surface area contributed by atoms with E-state index in [2.05, 4.69) is 28.9 Å². The van der Waals surface area contributed by atoms with Crippen LogP contribution in [0.25, 0.3) is 25.9 Å². The van der Waals surface area contributed by atoms with Crippen molar-refractivity contribution in [3.63, 3.8) is 0 Å². The van der Waals surface area contributed by atoms with Gasteiger partial charge in [0.25, 0.3) is 0 Å². The fourth-order valence-electron chi connectivity index (χ4n) is 3.69. The van der Waals surface area contributed by atoms with Crippen molar-refractivity contribution in [1.82, 2.24) is 9.88 Å². The number of carbonyl (C=O) groups is 1. The highest BCUT2D eigenvalue weighted by molar-refractivity contribution is 7.18. The van der Waals surface area contributed by atoms with Crippen molar-refractivity contribution in [2.75, 3.05) is 20.7 Å². The van der Waals surface area contributed by atoms with Gasteiger partial charge in [0.05, 0.1) is 31.2 Å². The Morgan fingerprint density at radius 2 is 2.06 bits per heavy atom. The maximum atomic E-state index is 11.6. The van der Waals surface area contributed by atoms with Gasteiger partial charge in [-0.05, 0) is 56.1 Å². The molecular formula is C26H29N3O3S. The minimum atomic E-state index is -0.248. The average molecular weight is 464 g/mol. The molecule has 0 amide bonds. The summed E-state index contributed by atoms with van der Waals surface area (Å²) in [5.74, 6) is 0.347. The molecule has 172 valence electrons. The van der Waals surface area contributed by atoms with Crippen molar-refractivity contribution in [1.29, 1.82) is 0 Å². The molecular weight excluding hydrogens is 434 g/mol. The second kappa shape index (κ2) is 11.1. The molecule has 0 atom stereocenters. The van der Waals surface area contributed by atoms with Gasteiger partial charge in [-0.1, -0.05) is 31.2 Å². The number of aromatic nitrogens is 1. The average Bonchev–Trinajstić information content (AvgIpc) is 3.28. The van der Waals surface area contributed by atoms with E-state index in [4.69, 9.17) is 16.0 Å². The molecule has 0 fully saturated rings. The number of esters is 1. The van der Waals surface area contributed by atoms with Crippen LogP contribution in [0.4, 0.5) is 5.69 Å². The molecule has 7 heteroatoms. The van der Waals surface area contributed by atoms with Gasteiger partial charge in [-0.25, -0.2) is 9.83 Å². The van der Waals surface area contributed by atoms with Gasteiger partial charge in [0.1, 0.15) is 10.8 Å². The van der Waals surface area contributed by atoms with Crippen molar-refractivity contribution < 1.29 is 14.3 Å². The van der Waals surface area contributed by atoms with Crippen LogP contribution in [0.3, 0.4) is 0 Å². The van der Waals surface area contributed by atoms with Gasteiger partial charge in [-0.15, -0.1) is 11.3 Å². The fraction of sp³-hybridized carbons (Fsp3) is 0.346. The Bertz CT molecular complexity index is 1160. The number of rotatable bonds is 9. The molecule has 0 N–H and O–H groups in total. The quantitative estimate of drug-likeness (QED) is 0.288. The topological polar surface area (TPSA) is 56.0 Å². The number of carbonyl (C=O) groups excluding carboxylic acids is 1. The van der Waals surface area contributed by atoms with Crippen LogP contribution in [0.1, 0.15) is 31.9 Å². The molecule has 0 unspecified atom stereocenters. The largest absolute Gasteiger partial charge is 0.502 e. The number of hydrogen-bond donors (Lipinski definition) is 0. The highest BCUT2D eigenvalue weighted by atomic mass is 32.1. The minimum absolute atomic E-state index is 0.00854. The molecule has 0 bridgehead atoms. The first-order valence-electron chi connectivity index (χ1n) is 10.9. The van der Waals surface area contributed by atoms with Crippen LogP contribution in [0.5, 0.6) is 5.75 Å². The molecule has 2 aromatic carbocycles. The Labute approximate surface area is 199 Å². The third-order valence-electron chi connectivity index (χ3n) is 5.15. The van der Waals surface area contributed by atoms with E-state index < -0.39 is 0 Å². The lowest BCUT2D eigenvalue weighted by Crippen LogP contribution is -2.26. The zero-order valence-electron chi connectivity index (χ0n) is 19.7. The lowest BCUT2D eigenvalue weighted by Gasteiger charge is -2.19. The van der Waals surface area contributed by atoms with Gasteiger partial charge in [0.2, 0.25) is 5.69 Å². The predicted molar refractivity (Wildman–Crippen MR) is 133 cm³/mol. The van der Waals surface area contributed by atoms with E-state index in [0.717, 1.165) is 27.4 Å². The highest BCUT2D eigenvalue weighted by Gasteiger charge is 2.16. The Morgan fingerprint density at radius 3 is 2.73 bits per heavy atom. The molecule has 0 saturated heterocycles. The Morgan fingerprint density at radius 1 is 1.27 bits per heavy atom. The number of benzene rings is 2. The van der Waals surface area contributed by atoms with Gasteiger partial charge in [0.15, 0.2) is 0 Å². The van der Waals surface area contributed by atoms with E-state index in [1.807, 2.05) is 56.3 Å². The summed E-state index contributed by atoms with van der Waals surface area (Å²) in [6, 6.07) is 11.9. The van der Waals surface area contributed by atoms with Crippen molar-refractivity contribution in [2.24, 2.45) is 0 Å². The van der Waals surface area contributed by atoms with Crippen LogP contribution < -0.4 is 4.74 Å². The standard InChI is InChI=1S/C26H29N3O3S/c1-7-20-19(15-29(5)16-25(30)31-6)9-8-10-21(20)24-14-28-26(33-24)18-11-12-23(32-17(2)3)22(13-18)27-4/h8-14,17H,7,15-16H2,1-3,5-6H3. The summed E-state index contributed by atoms with van der Waals surface area (Å²) >= 11 is 1.61. The van der Waals surface area contributed by atoms with Crippen LogP contribution in [0, 0.1) is 6.57 Å². The molecule has 1 aromatic heterocycles. The number of ether oxygens (including phenoxy) is 2. The summed E-state index contributed by atoms with van der Waals surface area (Å²) in [4.78, 5) is 22.9. The van der Waals surface area contributed by atoms with E-state index in [1.54, 1.807) is 11.3 Å². The van der Waals surface area contributed by atoms with Gasteiger partial charge < -0.3 is 9.47 Å². The maximum absolute atomic E-state index is 11.6. The highest BCUT2D eigenvalue weighted by Crippen LogP contribution is 2.38. The van der Waals surface area contributed by atoms with Crippen LogP contribution in [0.15, 0.2) is 42.6 Å². The lowest BCUT2D eigenvalue weighted by atomic mass is 9.97. The number of thiazole rings is 1.